The summed E-state index contributed by atoms with van der Waals surface area (Å²) in [6, 6.07) is 0. The second kappa shape index (κ2) is 5.44. The van der Waals surface area contributed by atoms with Gasteiger partial charge in [0, 0.05) is 5.41 Å². The zero-order valence-corrected chi connectivity index (χ0v) is 16.4. The van der Waals surface area contributed by atoms with E-state index in [1.165, 1.54) is 4.88 Å². The lowest BCUT2D eigenvalue weighted by molar-refractivity contribution is 0.505. The van der Waals surface area contributed by atoms with Crippen molar-refractivity contribution in [3.63, 3.8) is 0 Å². The van der Waals surface area contributed by atoms with Gasteiger partial charge in [-0.15, -0.1) is 22.8 Å². The number of hydrogen-bond donors (Lipinski definition) is 1. The summed E-state index contributed by atoms with van der Waals surface area (Å²) in [6.07, 6.45) is 3.20. The molecule has 0 unspecified atom stereocenters. The minimum atomic E-state index is -1.64. The van der Waals surface area contributed by atoms with Crippen molar-refractivity contribution in [2.75, 3.05) is 5.73 Å². The summed E-state index contributed by atoms with van der Waals surface area (Å²) >= 11 is 1.59. The van der Waals surface area contributed by atoms with Crippen molar-refractivity contribution in [2.45, 2.75) is 70.5 Å². The quantitative estimate of drug-likeness (QED) is 0.378. The molecule has 22 heavy (non-hydrogen) atoms. The van der Waals surface area contributed by atoms with Gasteiger partial charge in [-0.1, -0.05) is 33.9 Å². The third-order valence-electron chi connectivity index (χ3n) is 5.25. The Kier molecular flexibility index (Phi) is 4.24. The molecule has 1 aromatic rings. The summed E-state index contributed by atoms with van der Waals surface area (Å²) < 4.78 is 0. The van der Waals surface area contributed by atoms with Crippen LogP contribution >= 0.6 is 11.3 Å². The van der Waals surface area contributed by atoms with Crippen LogP contribution < -0.4 is 5.73 Å². The van der Waals surface area contributed by atoms with Crippen molar-refractivity contribution in [3.8, 4) is 11.5 Å². The molecule has 1 aliphatic carbocycles. The number of hydrogen-bond acceptors (Lipinski definition) is 2. The summed E-state index contributed by atoms with van der Waals surface area (Å²) in [7, 11) is -1.64. The Balaban J connectivity index is 2.54. The molecule has 0 aromatic carbocycles. The molecule has 0 aliphatic heterocycles. The maximum atomic E-state index is 7.48. The molecule has 2 nitrogen and oxygen atoms in total. The van der Waals surface area contributed by atoms with E-state index in [1.807, 2.05) is 0 Å². The second-order valence-corrected chi connectivity index (χ2v) is 14.2. The third kappa shape index (κ3) is 2.83. The highest BCUT2D eigenvalue weighted by atomic mass is 32.1. The van der Waals surface area contributed by atoms with E-state index >= 15 is 0 Å². The van der Waals surface area contributed by atoms with Gasteiger partial charge in [0.2, 0.25) is 5.69 Å². The molecule has 4 heteroatoms. The Hall–Kier alpha value is -1.23. The van der Waals surface area contributed by atoms with Crippen molar-refractivity contribution in [3.05, 3.63) is 21.9 Å². The van der Waals surface area contributed by atoms with Crippen LogP contribution in [0, 0.1) is 18.0 Å². The van der Waals surface area contributed by atoms with E-state index in [0.29, 0.717) is 10.7 Å². The number of thiophene rings is 1. The van der Waals surface area contributed by atoms with Crippen molar-refractivity contribution < 1.29 is 0 Å². The third-order valence-corrected chi connectivity index (χ3v) is 10.8. The van der Waals surface area contributed by atoms with Gasteiger partial charge in [-0.3, -0.25) is 0 Å². The van der Waals surface area contributed by atoms with Gasteiger partial charge in [0.15, 0.2) is 0 Å². The molecule has 118 valence electrons. The van der Waals surface area contributed by atoms with Gasteiger partial charge in [-0.05, 0) is 41.7 Å². The lowest BCUT2D eigenvalue weighted by atomic mass is 9.74. The molecule has 2 N–H and O–H groups in total. The molecular weight excluding hydrogens is 304 g/mol. The summed E-state index contributed by atoms with van der Waals surface area (Å²) in [6.45, 7) is 21.2. The van der Waals surface area contributed by atoms with Crippen molar-refractivity contribution in [1.29, 1.82) is 0 Å². The van der Waals surface area contributed by atoms with Crippen LogP contribution in [0.4, 0.5) is 10.7 Å². The van der Waals surface area contributed by atoms with Gasteiger partial charge in [-0.2, -0.15) is 0 Å². The summed E-state index contributed by atoms with van der Waals surface area (Å²) in [4.78, 5) is 4.99. The Labute approximate surface area is 139 Å². The van der Waals surface area contributed by atoms with Gasteiger partial charge in [-0.25, -0.2) is 4.85 Å². The molecule has 0 saturated heterocycles. The fraction of sp³-hybridized carbons (Fsp3) is 0.611. The van der Waals surface area contributed by atoms with Gasteiger partial charge >= 0.3 is 0 Å². The van der Waals surface area contributed by atoms with Gasteiger partial charge in [0.1, 0.15) is 8.07 Å². The Morgan fingerprint density at radius 3 is 2.55 bits per heavy atom. The molecule has 0 radical (unpaired) electrons. The van der Waals surface area contributed by atoms with E-state index in [0.717, 1.165) is 24.8 Å². The molecule has 0 bridgehead atoms. The number of aryl methyl sites for hydroxylation is 1. The largest absolute Gasteiger partial charge is 0.399 e. The van der Waals surface area contributed by atoms with Crippen molar-refractivity contribution >= 4 is 30.1 Å². The average molecular weight is 331 g/mol. The average Bonchev–Trinajstić information content (AvgIpc) is 2.72. The van der Waals surface area contributed by atoms with E-state index in [4.69, 9.17) is 12.3 Å². The number of rotatable bonds is 0. The Morgan fingerprint density at radius 1 is 1.36 bits per heavy atom. The van der Waals surface area contributed by atoms with Crippen LogP contribution in [0.25, 0.3) is 4.85 Å². The van der Waals surface area contributed by atoms with E-state index < -0.39 is 8.07 Å². The van der Waals surface area contributed by atoms with Gasteiger partial charge in [0.05, 0.1) is 11.6 Å². The summed E-state index contributed by atoms with van der Waals surface area (Å²) in [5, 5.41) is 0.923. The van der Waals surface area contributed by atoms with Gasteiger partial charge < -0.3 is 5.73 Å². The predicted molar refractivity (Wildman–Crippen MR) is 100 cm³/mol. The number of nitrogens with zero attached hydrogens (tertiary/aromatic N) is 1. The minimum Gasteiger partial charge on any atom is -0.399 e. The van der Waals surface area contributed by atoms with E-state index in [-0.39, 0.29) is 10.5 Å². The van der Waals surface area contributed by atoms with E-state index in [2.05, 4.69) is 57.1 Å². The van der Waals surface area contributed by atoms with Crippen LogP contribution in [0.15, 0.2) is 0 Å². The first kappa shape index (κ1) is 17.1. The maximum absolute atomic E-state index is 7.48. The highest BCUT2D eigenvalue weighted by Gasteiger charge is 2.38. The predicted octanol–water partition coefficient (Wildman–Crippen LogP) is 5.53. The van der Waals surface area contributed by atoms with Crippen molar-refractivity contribution in [1.82, 2.24) is 0 Å². The molecule has 0 fully saturated rings. The van der Waals surface area contributed by atoms with Crippen LogP contribution in [0.3, 0.4) is 0 Å². The number of nitrogens with two attached hydrogens (primary N) is 1. The Morgan fingerprint density at radius 2 is 2.00 bits per heavy atom. The van der Waals surface area contributed by atoms with Crippen LogP contribution in [0.1, 0.15) is 51.0 Å². The zero-order valence-electron chi connectivity index (χ0n) is 14.6. The zero-order chi connectivity index (χ0) is 16.8. The minimum absolute atomic E-state index is 0.211. The monoisotopic (exact) mass is 330 g/mol. The fourth-order valence-electron chi connectivity index (χ4n) is 2.68. The first-order valence-electron chi connectivity index (χ1n) is 7.85. The first-order valence-corrected chi connectivity index (χ1v) is 11.7. The topological polar surface area (TPSA) is 30.4 Å². The highest BCUT2D eigenvalue weighted by Crippen LogP contribution is 2.50. The lowest BCUT2D eigenvalue weighted by Crippen LogP contribution is -2.36. The standard InChI is InChI=1S/C18H26N2SSi/c1-17(2,3)22(6,7)12-11-18(4)10-8-9-13-14(18)15(20-5)16(19)21-13/h8-10,19H2,1-4,6-7H3/t18-/m1/s1. The summed E-state index contributed by atoms with van der Waals surface area (Å²) in [5.74, 6) is 3.61. The van der Waals surface area contributed by atoms with E-state index in [1.54, 1.807) is 11.3 Å². The van der Waals surface area contributed by atoms with Crippen molar-refractivity contribution in [2.24, 2.45) is 0 Å². The van der Waals surface area contributed by atoms with Crippen LogP contribution in [-0.4, -0.2) is 8.07 Å². The van der Waals surface area contributed by atoms with Crippen LogP contribution in [-0.2, 0) is 11.8 Å². The highest BCUT2D eigenvalue weighted by molar-refractivity contribution is 7.16. The maximum Gasteiger partial charge on any atom is 0.225 e. The normalized spacial score (nSPS) is 21.5. The molecule has 1 aromatic heterocycles. The first-order chi connectivity index (χ1) is 10.0. The second-order valence-electron chi connectivity index (χ2n) is 8.04. The molecule has 0 spiro atoms. The van der Waals surface area contributed by atoms with Crippen LogP contribution in [0.2, 0.25) is 18.1 Å². The lowest BCUT2D eigenvalue weighted by Gasteiger charge is -2.34. The molecule has 1 aliphatic rings. The molecule has 2 rings (SSSR count). The molecule has 0 amide bonds. The Bertz CT molecular complexity index is 692. The molecule has 1 atom stereocenters. The molecule has 1 heterocycles. The molecule has 0 saturated carbocycles. The van der Waals surface area contributed by atoms with E-state index in [9.17, 15) is 0 Å². The number of anilines is 1. The number of fused-ring (bicyclic) bond motifs is 1. The van der Waals surface area contributed by atoms with Crippen LogP contribution in [0.5, 0.6) is 0 Å². The fourth-order valence-corrected chi connectivity index (χ4v) is 4.82. The summed E-state index contributed by atoms with van der Waals surface area (Å²) in [5.41, 5.74) is 11.3. The SMILES string of the molecule is [C-]#[N+]c1c(N)sc2c1[C@@](C)(C#C[Si](C)(C)C(C)(C)C)CCC2. The van der Waals surface area contributed by atoms with Gasteiger partial charge in [0.25, 0.3) is 0 Å². The molecular formula is C18H26N2SSi. The number of nitrogen functional groups attached to an aromatic ring is 1. The smallest absolute Gasteiger partial charge is 0.225 e.